The molecule has 7 rings (SSSR count). The number of nitrogens with one attached hydrogen (secondary N) is 3. The van der Waals surface area contributed by atoms with Crippen molar-refractivity contribution in [3.05, 3.63) is 72.7 Å². The largest absolute Gasteiger partial charge is 0.365 e. The van der Waals surface area contributed by atoms with Gasteiger partial charge in [0.05, 0.1) is 17.1 Å². The highest BCUT2D eigenvalue weighted by Gasteiger charge is 2.21. The number of nitrogens with zero attached hydrogens (tertiary/aromatic N) is 4. The molecule has 1 unspecified atom stereocenters. The first kappa shape index (κ1) is 19.4. The van der Waals surface area contributed by atoms with Gasteiger partial charge in [-0.05, 0) is 37.1 Å². The summed E-state index contributed by atoms with van der Waals surface area (Å²) < 4.78 is 0. The van der Waals surface area contributed by atoms with E-state index >= 15 is 0 Å². The number of piperidine rings is 1. The molecule has 1 fully saturated rings. The van der Waals surface area contributed by atoms with E-state index in [1.807, 2.05) is 42.9 Å². The molecule has 1 aromatic carbocycles. The molecule has 3 N–H and O–H groups in total. The Morgan fingerprint density at radius 1 is 1.00 bits per heavy atom. The highest BCUT2D eigenvalue weighted by atomic mass is 15.1. The predicted molar refractivity (Wildman–Crippen MR) is 137 cm³/mol. The molecule has 1 atom stereocenters. The third-order valence-corrected chi connectivity index (χ3v) is 6.75. The van der Waals surface area contributed by atoms with E-state index in [-0.39, 0.29) is 0 Å². The number of benzene rings is 1. The number of hydrogen-bond acceptors (Lipinski definition) is 6. The Labute approximate surface area is 196 Å². The van der Waals surface area contributed by atoms with Crippen molar-refractivity contribution >= 4 is 44.2 Å². The number of aromatic nitrogens is 5. The predicted octanol–water partition coefficient (Wildman–Crippen LogP) is 4.84. The smallest absolute Gasteiger partial charge is 0.163 e. The van der Waals surface area contributed by atoms with E-state index < -0.39 is 0 Å². The standard InChI is InChI=1S/C27H23N7/c1-2-9-21-18(8-1)23-19(10-12-30-26(23)32-21)25-33-22-15-29-14-20(16-5-3-6-16)24(22)27(34-25)31-17-7-4-11-28-13-17/h1-3,5-6,8-10,12,14-15,17,28H,4,7,11,13H2,(H,30,32)(H,31,33,34). The third kappa shape index (κ3) is 3.08. The molecule has 4 aromatic heterocycles. The van der Waals surface area contributed by atoms with Crippen LogP contribution in [0.25, 0.3) is 49.8 Å². The number of H-pyrrole nitrogens is 1. The average Bonchev–Trinajstić information content (AvgIpc) is 3.22. The Bertz CT molecular complexity index is 1620. The summed E-state index contributed by atoms with van der Waals surface area (Å²) in [5, 5.41) is 10.4. The Balaban J connectivity index is 1.47. The molecule has 1 aliphatic heterocycles. The monoisotopic (exact) mass is 445 g/mol. The van der Waals surface area contributed by atoms with E-state index in [2.05, 4.69) is 49.9 Å². The van der Waals surface area contributed by atoms with Crippen molar-refractivity contribution in [2.75, 3.05) is 18.4 Å². The molecule has 34 heavy (non-hydrogen) atoms. The average molecular weight is 446 g/mol. The van der Waals surface area contributed by atoms with E-state index in [9.17, 15) is 0 Å². The van der Waals surface area contributed by atoms with Gasteiger partial charge in [0.25, 0.3) is 0 Å². The summed E-state index contributed by atoms with van der Waals surface area (Å²) >= 11 is 0. The quantitative estimate of drug-likeness (QED) is 0.367. The van der Waals surface area contributed by atoms with E-state index in [1.165, 1.54) is 0 Å². The van der Waals surface area contributed by atoms with Crippen LogP contribution in [0, 0.1) is 0 Å². The Kier molecular flexibility index (Phi) is 4.41. The van der Waals surface area contributed by atoms with E-state index in [1.54, 1.807) is 0 Å². The summed E-state index contributed by atoms with van der Waals surface area (Å²) in [7, 11) is 0. The van der Waals surface area contributed by atoms with Crippen molar-refractivity contribution in [2.24, 2.45) is 0 Å². The maximum Gasteiger partial charge on any atom is 0.163 e. The number of hydrogen-bond donors (Lipinski definition) is 3. The summed E-state index contributed by atoms with van der Waals surface area (Å²) in [6.07, 6.45) is 14.1. The van der Waals surface area contributed by atoms with E-state index in [0.29, 0.717) is 11.9 Å². The molecule has 5 aromatic rings. The van der Waals surface area contributed by atoms with Gasteiger partial charge in [0.15, 0.2) is 5.82 Å². The highest BCUT2D eigenvalue weighted by molar-refractivity contribution is 6.12. The van der Waals surface area contributed by atoms with Crippen LogP contribution in [0.2, 0.25) is 0 Å². The minimum atomic E-state index is 0.317. The number of fused-ring (bicyclic) bond motifs is 4. The van der Waals surface area contributed by atoms with Crippen molar-refractivity contribution in [2.45, 2.75) is 18.9 Å². The fraction of sp³-hybridized carbons (Fsp3) is 0.185. The number of pyridine rings is 2. The van der Waals surface area contributed by atoms with Crippen LogP contribution < -0.4 is 10.6 Å². The van der Waals surface area contributed by atoms with Gasteiger partial charge in [-0.3, -0.25) is 4.98 Å². The molecule has 0 saturated carbocycles. The molecule has 0 bridgehead atoms. The van der Waals surface area contributed by atoms with Crippen molar-refractivity contribution in [3.8, 4) is 11.4 Å². The van der Waals surface area contributed by atoms with Gasteiger partial charge in [-0.25, -0.2) is 15.0 Å². The molecule has 2 aliphatic rings. The van der Waals surface area contributed by atoms with Crippen molar-refractivity contribution in [3.63, 3.8) is 0 Å². The molecule has 5 heterocycles. The second-order valence-corrected chi connectivity index (χ2v) is 8.90. The number of aromatic amines is 1. The SMILES string of the molecule is C1=CC(c2cncc3nc(-c4ccnc5[nH]c6ccccc6c45)nc(NC4CCCNC4)c23)=C1. The molecule has 166 valence electrons. The number of allylic oxidation sites excluding steroid dienone is 4. The topological polar surface area (TPSA) is 91.4 Å². The Morgan fingerprint density at radius 3 is 2.79 bits per heavy atom. The van der Waals surface area contributed by atoms with Crippen LogP contribution in [0.15, 0.2) is 67.2 Å². The summed E-state index contributed by atoms with van der Waals surface area (Å²) in [6.45, 7) is 1.99. The fourth-order valence-corrected chi connectivity index (χ4v) is 5.02. The molecule has 7 nitrogen and oxygen atoms in total. The van der Waals surface area contributed by atoms with Gasteiger partial charge in [0, 0.05) is 52.4 Å². The molecular formula is C27H23N7. The minimum Gasteiger partial charge on any atom is -0.365 e. The summed E-state index contributed by atoms with van der Waals surface area (Å²) in [5.41, 5.74) is 5.90. The lowest BCUT2D eigenvalue weighted by Gasteiger charge is -2.25. The molecule has 0 amide bonds. The molecule has 0 spiro atoms. The van der Waals surface area contributed by atoms with Crippen molar-refractivity contribution < 1.29 is 0 Å². The van der Waals surface area contributed by atoms with Crippen molar-refractivity contribution in [1.29, 1.82) is 0 Å². The zero-order valence-corrected chi connectivity index (χ0v) is 18.5. The van der Waals surface area contributed by atoms with Gasteiger partial charge >= 0.3 is 0 Å². The zero-order chi connectivity index (χ0) is 22.5. The second-order valence-electron chi connectivity index (χ2n) is 8.90. The van der Waals surface area contributed by atoms with E-state index in [4.69, 9.17) is 9.97 Å². The second kappa shape index (κ2) is 7.74. The summed E-state index contributed by atoms with van der Waals surface area (Å²) in [4.78, 5) is 22.7. The summed E-state index contributed by atoms with van der Waals surface area (Å²) in [5.74, 6) is 1.53. The zero-order valence-electron chi connectivity index (χ0n) is 18.5. The summed E-state index contributed by atoms with van der Waals surface area (Å²) in [6, 6.07) is 10.6. The van der Waals surface area contributed by atoms with E-state index in [0.717, 1.165) is 81.3 Å². The first-order valence-electron chi connectivity index (χ1n) is 11.7. The number of rotatable bonds is 4. The third-order valence-electron chi connectivity index (χ3n) is 6.75. The lowest BCUT2D eigenvalue weighted by atomic mass is 9.97. The van der Waals surface area contributed by atoms with Gasteiger partial charge < -0.3 is 15.6 Å². The van der Waals surface area contributed by atoms with Crippen molar-refractivity contribution in [1.82, 2.24) is 30.2 Å². The van der Waals surface area contributed by atoms with Crippen LogP contribution in [-0.4, -0.2) is 44.1 Å². The molecule has 1 aliphatic carbocycles. The van der Waals surface area contributed by atoms with Gasteiger partial charge in [0.1, 0.15) is 11.5 Å². The minimum absolute atomic E-state index is 0.317. The van der Waals surface area contributed by atoms with Crippen LogP contribution in [0.3, 0.4) is 0 Å². The van der Waals surface area contributed by atoms with Gasteiger partial charge in [-0.15, -0.1) is 0 Å². The van der Waals surface area contributed by atoms with Gasteiger partial charge in [-0.1, -0.05) is 36.4 Å². The maximum atomic E-state index is 5.13. The Morgan fingerprint density at radius 2 is 1.94 bits per heavy atom. The number of para-hydroxylation sites is 1. The first-order chi connectivity index (χ1) is 16.8. The first-order valence-corrected chi connectivity index (χ1v) is 11.7. The molecule has 0 radical (unpaired) electrons. The van der Waals surface area contributed by atoms with Gasteiger partial charge in [0.2, 0.25) is 0 Å². The normalized spacial score (nSPS) is 17.8. The van der Waals surface area contributed by atoms with Crippen LogP contribution in [0.1, 0.15) is 18.4 Å². The maximum absolute atomic E-state index is 5.13. The van der Waals surface area contributed by atoms with Crippen LogP contribution >= 0.6 is 0 Å². The molecular weight excluding hydrogens is 422 g/mol. The molecule has 7 heteroatoms. The van der Waals surface area contributed by atoms with Crippen LogP contribution in [-0.2, 0) is 0 Å². The lowest BCUT2D eigenvalue weighted by molar-refractivity contribution is 0.479. The highest BCUT2D eigenvalue weighted by Crippen LogP contribution is 2.36. The molecule has 1 saturated heterocycles. The fourth-order valence-electron chi connectivity index (χ4n) is 5.02. The van der Waals surface area contributed by atoms with Crippen LogP contribution in [0.5, 0.6) is 0 Å². The van der Waals surface area contributed by atoms with Gasteiger partial charge in [-0.2, -0.15) is 0 Å². The lowest BCUT2D eigenvalue weighted by Crippen LogP contribution is -2.38. The van der Waals surface area contributed by atoms with Crippen LogP contribution in [0.4, 0.5) is 5.82 Å². The number of anilines is 1. The Hall–Kier alpha value is -4.10.